The first kappa shape index (κ1) is 16.2. The number of piperidine rings is 1. The third kappa shape index (κ3) is 4.44. The van der Waals surface area contributed by atoms with Gasteiger partial charge in [0.25, 0.3) is 0 Å². The van der Waals surface area contributed by atoms with E-state index in [0.29, 0.717) is 5.76 Å². The van der Waals surface area contributed by atoms with Crippen LogP contribution in [0.15, 0.2) is 45.9 Å². The number of nitrogens with one attached hydrogen (secondary N) is 1. The van der Waals surface area contributed by atoms with E-state index in [0.717, 1.165) is 24.5 Å². The molecule has 1 aliphatic rings. The zero-order valence-electron chi connectivity index (χ0n) is 13.4. The molecular formula is C18H20FN3O2. The smallest absolute Gasteiger partial charge is 0.244 e. The molecule has 1 amide bonds. The van der Waals surface area contributed by atoms with Crippen molar-refractivity contribution >= 4 is 18.0 Å². The van der Waals surface area contributed by atoms with Crippen molar-refractivity contribution in [3.05, 3.63) is 53.5 Å². The molecule has 0 unspecified atom stereocenters. The molecule has 1 saturated heterocycles. The molecule has 0 aliphatic carbocycles. The average molecular weight is 329 g/mol. The fourth-order valence-corrected chi connectivity index (χ4v) is 2.69. The number of hydrazone groups is 1. The number of carbonyl (C=O) groups excluding carboxylic acids is 1. The van der Waals surface area contributed by atoms with Crippen molar-refractivity contribution in [3.8, 4) is 0 Å². The minimum Gasteiger partial charge on any atom is -0.440 e. The van der Waals surface area contributed by atoms with Crippen molar-refractivity contribution < 1.29 is 13.6 Å². The van der Waals surface area contributed by atoms with Gasteiger partial charge < -0.3 is 9.32 Å². The van der Waals surface area contributed by atoms with Gasteiger partial charge in [-0.2, -0.15) is 5.10 Å². The predicted octanol–water partition coefficient (Wildman–Crippen LogP) is 3.10. The molecule has 1 aliphatic heterocycles. The Morgan fingerprint density at radius 1 is 1.17 bits per heavy atom. The second kappa shape index (κ2) is 7.77. The number of amides is 1. The van der Waals surface area contributed by atoms with E-state index in [1.165, 1.54) is 37.6 Å². The van der Waals surface area contributed by atoms with Crippen molar-refractivity contribution in [1.29, 1.82) is 0 Å². The minimum atomic E-state index is -0.320. The maximum atomic E-state index is 12.8. The molecule has 2 heterocycles. The minimum absolute atomic E-state index is 0.148. The average Bonchev–Trinajstić information content (AvgIpc) is 3.07. The Labute approximate surface area is 140 Å². The number of carbonyl (C=O) groups is 1. The summed E-state index contributed by atoms with van der Waals surface area (Å²) in [7, 11) is 0. The van der Waals surface area contributed by atoms with Gasteiger partial charge in [0.05, 0.1) is 12.6 Å². The first-order valence-corrected chi connectivity index (χ1v) is 8.12. The SMILES string of the molecule is O=C(Cc1ccc(F)cc1)N/N=C/c1ccc(N2CCCCC2)o1. The number of halogens is 1. The van der Waals surface area contributed by atoms with Crippen LogP contribution in [0.1, 0.15) is 30.6 Å². The van der Waals surface area contributed by atoms with Crippen LogP contribution in [0.25, 0.3) is 0 Å². The quantitative estimate of drug-likeness (QED) is 0.677. The van der Waals surface area contributed by atoms with Crippen molar-refractivity contribution in [2.45, 2.75) is 25.7 Å². The van der Waals surface area contributed by atoms with Crippen LogP contribution in [-0.4, -0.2) is 25.2 Å². The van der Waals surface area contributed by atoms with E-state index >= 15 is 0 Å². The van der Waals surface area contributed by atoms with Crippen LogP contribution in [0, 0.1) is 5.82 Å². The molecule has 1 N–H and O–H groups in total. The highest BCUT2D eigenvalue weighted by atomic mass is 19.1. The maximum Gasteiger partial charge on any atom is 0.244 e. The van der Waals surface area contributed by atoms with E-state index < -0.39 is 0 Å². The highest BCUT2D eigenvalue weighted by Gasteiger charge is 2.13. The molecule has 6 heteroatoms. The number of furan rings is 1. The molecule has 2 aromatic rings. The second-order valence-electron chi connectivity index (χ2n) is 5.82. The Bertz CT molecular complexity index is 703. The molecule has 0 saturated carbocycles. The van der Waals surface area contributed by atoms with Gasteiger partial charge >= 0.3 is 0 Å². The molecule has 0 radical (unpaired) electrons. The van der Waals surface area contributed by atoms with E-state index in [4.69, 9.17) is 4.42 Å². The number of hydrogen-bond donors (Lipinski definition) is 1. The fourth-order valence-electron chi connectivity index (χ4n) is 2.69. The zero-order chi connectivity index (χ0) is 16.8. The van der Waals surface area contributed by atoms with E-state index in [2.05, 4.69) is 15.4 Å². The lowest BCUT2D eigenvalue weighted by molar-refractivity contribution is -0.120. The standard InChI is InChI=1S/C18H20FN3O2/c19-15-6-4-14(5-7-15)12-17(23)21-20-13-16-8-9-18(24-16)22-10-2-1-3-11-22/h4-9,13H,1-3,10-12H2,(H,21,23)/b20-13+. The fraction of sp³-hybridized carbons (Fsp3) is 0.333. The van der Waals surface area contributed by atoms with Gasteiger partial charge in [-0.05, 0) is 43.0 Å². The summed E-state index contributed by atoms with van der Waals surface area (Å²) in [5, 5.41) is 3.90. The van der Waals surface area contributed by atoms with Crippen LogP contribution in [0.3, 0.4) is 0 Å². The Kier molecular flexibility index (Phi) is 5.25. The first-order valence-electron chi connectivity index (χ1n) is 8.12. The monoisotopic (exact) mass is 329 g/mol. The highest BCUT2D eigenvalue weighted by Crippen LogP contribution is 2.21. The highest BCUT2D eigenvalue weighted by molar-refractivity contribution is 5.81. The molecule has 24 heavy (non-hydrogen) atoms. The predicted molar refractivity (Wildman–Crippen MR) is 90.6 cm³/mol. The summed E-state index contributed by atoms with van der Waals surface area (Å²) in [6, 6.07) is 9.58. The van der Waals surface area contributed by atoms with Gasteiger partial charge in [0.2, 0.25) is 5.91 Å². The molecule has 1 aromatic carbocycles. The Morgan fingerprint density at radius 2 is 1.92 bits per heavy atom. The Hall–Kier alpha value is -2.63. The van der Waals surface area contributed by atoms with Crippen LogP contribution < -0.4 is 10.3 Å². The summed E-state index contributed by atoms with van der Waals surface area (Å²) < 4.78 is 18.5. The van der Waals surface area contributed by atoms with Crippen LogP contribution in [0.5, 0.6) is 0 Å². The molecule has 3 rings (SSSR count). The summed E-state index contributed by atoms with van der Waals surface area (Å²) in [6.07, 6.45) is 5.27. The van der Waals surface area contributed by atoms with E-state index in [1.54, 1.807) is 12.1 Å². The lowest BCUT2D eigenvalue weighted by Crippen LogP contribution is -2.28. The molecule has 0 spiro atoms. The van der Waals surface area contributed by atoms with E-state index in [1.807, 2.05) is 12.1 Å². The van der Waals surface area contributed by atoms with Crippen LogP contribution >= 0.6 is 0 Å². The number of benzene rings is 1. The molecule has 126 valence electrons. The van der Waals surface area contributed by atoms with E-state index in [9.17, 15) is 9.18 Å². The summed E-state index contributed by atoms with van der Waals surface area (Å²) in [5.74, 6) is 0.853. The third-order valence-electron chi connectivity index (χ3n) is 3.94. The lowest BCUT2D eigenvalue weighted by atomic mass is 10.1. The number of anilines is 1. The number of rotatable bonds is 5. The molecule has 0 bridgehead atoms. The van der Waals surface area contributed by atoms with Crippen LogP contribution in [0.4, 0.5) is 10.3 Å². The van der Waals surface area contributed by atoms with Crippen molar-refractivity contribution in [3.63, 3.8) is 0 Å². The van der Waals surface area contributed by atoms with Gasteiger partial charge in [0, 0.05) is 19.2 Å². The van der Waals surface area contributed by atoms with Gasteiger partial charge in [-0.25, -0.2) is 9.82 Å². The topological polar surface area (TPSA) is 57.8 Å². The van der Waals surface area contributed by atoms with Gasteiger partial charge in [-0.15, -0.1) is 0 Å². The van der Waals surface area contributed by atoms with Crippen LogP contribution in [-0.2, 0) is 11.2 Å². The summed E-state index contributed by atoms with van der Waals surface area (Å²) >= 11 is 0. The number of nitrogens with zero attached hydrogens (tertiary/aromatic N) is 2. The summed E-state index contributed by atoms with van der Waals surface area (Å²) in [6.45, 7) is 2.02. The molecule has 1 aromatic heterocycles. The molecule has 0 atom stereocenters. The van der Waals surface area contributed by atoms with Gasteiger partial charge in [0.15, 0.2) is 5.88 Å². The Balaban J connectivity index is 1.49. The molecule has 1 fully saturated rings. The summed E-state index contributed by atoms with van der Waals surface area (Å²) in [5.41, 5.74) is 3.18. The van der Waals surface area contributed by atoms with Crippen molar-refractivity contribution in [2.24, 2.45) is 5.10 Å². The third-order valence-corrected chi connectivity index (χ3v) is 3.94. The summed E-state index contributed by atoms with van der Waals surface area (Å²) in [4.78, 5) is 14.0. The van der Waals surface area contributed by atoms with Crippen molar-refractivity contribution in [1.82, 2.24) is 5.43 Å². The largest absolute Gasteiger partial charge is 0.440 e. The normalized spacial score (nSPS) is 15.0. The van der Waals surface area contributed by atoms with Gasteiger partial charge in [-0.1, -0.05) is 12.1 Å². The van der Waals surface area contributed by atoms with Gasteiger partial charge in [-0.3, -0.25) is 4.79 Å². The van der Waals surface area contributed by atoms with Gasteiger partial charge in [0.1, 0.15) is 11.6 Å². The van der Waals surface area contributed by atoms with E-state index in [-0.39, 0.29) is 18.1 Å². The number of hydrogen-bond acceptors (Lipinski definition) is 4. The molecule has 5 nitrogen and oxygen atoms in total. The zero-order valence-corrected chi connectivity index (χ0v) is 13.4. The second-order valence-corrected chi connectivity index (χ2v) is 5.82. The first-order chi connectivity index (χ1) is 11.7. The molecular weight excluding hydrogens is 309 g/mol. The lowest BCUT2D eigenvalue weighted by Gasteiger charge is -2.25. The van der Waals surface area contributed by atoms with Crippen LogP contribution in [0.2, 0.25) is 0 Å². The Morgan fingerprint density at radius 3 is 2.67 bits per heavy atom. The van der Waals surface area contributed by atoms with Crippen molar-refractivity contribution in [2.75, 3.05) is 18.0 Å². The maximum absolute atomic E-state index is 12.8.